The molecule has 0 aliphatic rings. The maximum atomic E-state index is 12.5. The van der Waals surface area contributed by atoms with Gasteiger partial charge in [-0.1, -0.05) is 6.07 Å². The first-order valence-corrected chi connectivity index (χ1v) is 5.44. The van der Waals surface area contributed by atoms with Gasteiger partial charge in [-0.3, -0.25) is 9.38 Å². The van der Waals surface area contributed by atoms with Crippen molar-refractivity contribution < 1.29 is 13.2 Å². The van der Waals surface area contributed by atoms with Crippen LogP contribution in [0.25, 0.3) is 16.8 Å². The quantitative estimate of drug-likeness (QED) is 0.734. The number of alkyl halides is 3. The highest BCUT2D eigenvalue weighted by Crippen LogP contribution is 2.29. The van der Waals surface area contributed by atoms with Crippen molar-refractivity contribution in [2.24, 2.45) is 0 Å². The van der Waals surface area contributed by atoms with Crippen molar-refractivity contribution in [3.63, 3.8) is 0 Å². The zero-order valence-electron chi connectivity index (χ0n) is 9.83. The third-order valence-electron chi connectivity index (χ3n) is 2.73. The van der Waals surface area contributed by atoms with E-state index in [1.54, 1.807) is 0 Å². The normalized spacial score (nSPS) is 11.9. The lowest BCUT2D eigenvalue weighted by Gasteiger charge is -2.07. The van der Waals surface area contributed by atoms with E-state index in [9.17, 15) is 13.2 Å². The fourth-order valence-electron chi connectivity index (χ4n) is 1.76. The summed E-state index contributed by atoms with van der Waals surface area (Å²) in [6.45, 7) is 0. The predicted octanol–water partition coefficient (Wildman–Crippen LogP) is 1.79. The molecule has 3 aromatic rings. The molecular weight excluding hydrogens is 273 g/mol. The number of aromatic nitrogens is 5. The molecule has 0 saturated carbocycles. The Kier molecular flexibility index (Phi) is 2.56. The fourth-order valence-corrected chi connectivity index (χ4v) is 1.76. The summed E-state index contributed by atoms with van der Waals surface area (Å²) >= 11 is 0. The van der Waals surface area contributed by atoms with Crippen molar-refractivity contribution >= 4 is 11.6 Å². The largest absolute Gasteiger partial charge is 0.433 e. The molecular formula is C11H7F3N6. The molecule has 3 aromatic heterocycles. The van der Waals surface area contributed by atoms with Crippen LogP contribution in [0, 0.1) is 0 Å². The summed E-state index contributed by atoms with van der Waals surface area (Å²) in [5.41, 5.74) is 6.03. The van der Waals surface area contributed by atoms with E-state index in [2.05, 4.69) is 20.2 Å². The number of hydrogen-bond acceptors (Lipinski definition) is 5. The van der Waals surface area contributed by atoms with Gasteiger partial charge in [0.2, 0.25) is 5.95 Å². The first-order chi connectivity index (χ1) is 9.47. The molecule has 0 bridgehead atoms. The summed E-state index contributed by atoms with van der Waals surface area (Å²) in [7, 11) is 0. The number of anilines is 1. The van der Waals surface area contributed by atoms with Gasteiger partial charge in [0.25, 0.3) is 0 Å². The van der Waals surface area contributed by atoms with E-state index < -0.39 is 11.9 Å². The predicted molar refractivity (Wildman–Crippen MR) is 63.4 cm³/mol. The fraction of sp³-hybridized carbons (Fsp3) is 0.0909. The average Bonchev–Trinajstić information content (AvgIpc) is 2.88. The van der Waals surface area contributed by atoms with Crippen LogP contribution in [-0.4, -0.2) is 24.6 Å². The molecule has 0 spiro atoms. The minimum atomic E-state index is -4.47. The second-order valence-electron chi connectivity index (χ2n) is 3.98. The molecule has 9 heteroatoms. The van der Waals surface area contributed by atoms with Gasteiger partial charge in [-0.25, -0.2) is 4.98 Å². The van der Waals surface area contributed by atoms with Gasteiger partial charge in [0.05, 0.1) is 0 Å². The molecule has 0 radical (unpaired) electrons. The number of nitrogens with two attached hydrogens (primary N) is 1. The van der Waals surface area contributed by atoms with Crippen LogP contribution in [0.2, 0.25) is 0 Å². The van der Waals surface area contributed by atoms with Gasteiger partial charge < -0.3 is 5.73 Å². The number of halogens is 3. The van der Waals surface area contributed by atoms with Crippen LogP contribution in [0.3, 0.4) is 0 Å². The van der Waals surface area contributed by atoms with Crippen LogP contribution in [-0.2, 0) is 6.18 Å². The van der Waals surface area contributed by atoms with Gasteiger partial charge >= 0.3 is 6.18 Å². The van der Waals surface area contributed by atoms with Crippen LogP contribution in [0.1, 0.15) is 5.69 Å². The monoisotopic (exact) mass is 280 g/mol. The Morgan fingerprint density at radius 3 is 2.55 bits per heavy atom. The van der Waals surface area contributed by atoms with Crippen LogP contribution in [0.5, 0.6) is 0 Å². The number of fused-ring (bicyclic) bond motifs is 1. The van der Waals surface area contributed by atoms with Crippen LogP contribution < -0.4 is 5.73 Å². The maximum absolute atomic E-state index is 12.5. The van der Waals surface area contributed by atoms with Crippen LogP contribution >= 0.6 is 0 Å². The lowest BCUT2D eigenvalue weighted by Crippen LogP contribution is -2.07. The molecule has 102 valence electrons. The van der Waals surface area contributed by atoms with Gasteiger partial charge in [-0.05, 0) is 6.07 Å². The van der Waals surface area contributed by atoms with Crippen LogP contribution in [0.15, 0.2) is 30.9 Å². The molecule has 6 nitrogen and oxygen atoms in total. The van der Waals surface area contributed by atoms with E-state index in [0.29, 0.717) is 16.8 Å². The van der Waals surface area contributed by atoms with Gasteiger partial charge in [0, 0.05) is 23.5 Å². The first-order valence-electron chi connectivity index (χ1n) is 5.44. The van der Waals surface area contributed by atoms with Crippen molar-refractivity contribution in [3.05, 3.63) is 36.5 Å². The molecule has 0 aliphatic heterocycles. The summed E-state index contributed by atoms with van der Waals surface area (Å²) in [6.07, 6.45) is -0.560. The average molecular weight is 280 g/mol. The van der Waals surface area contributed by atoms with E-state index in [1.807, 2.05) is 0 Å². The molecule has 3 heterocycles. The molecule has 0 unspecified atom stereocenters. The van der Waals surface area contributed by atoms with E-state index >= 15 is 0 Å². The minimum Gasteiger partial charge on any atom is -0.369 e. The Bertz CT molecular complexity index is 762. The second-order valence-corrected chi connectivity index (χ2v) is 3.98. The van der Waals surface area contributed by atoms with Crippen molar-refractivity contribution in [2.75, 3.05) is 5.73 Å². The molecule has 20 heavy (non-hydrogen) atoms. The SMILES string of the molecule is Nc1ncc(-c2ccc(C(F)(F)F)nc2)c2nncn12. The third-order valence-corrected chi connectivity index (χ3v) is 2.73. The summed E-state index contributed by atoms with van der Waals surface area (Å²) in [6, 6.07) is 2.20. The standard InChI is InChI=1S/C11H7F3N6/c12-11(13,14)8-2-1-6(3-16-8)7-4-17-10(15)20-5-18-19-9(7)20/h1-5H,(H2,15,17). The minimum absolute atomic E-state index is 0.189. The third kappa shape index (κ3) is 1.92. The zero-order valence-corrected chi connectivity index (χ0v) is 9.83. The number of nitrogens with zero attached hydrogens (tertiary/aromatic N) is 5. The molecule has 0 aromatic carbocycles. The van der Waals surface area contributed by atoms with E-state index in [-0.39, 0.29) is 5.95 Å². The lowest BCUT2D eigenvalue weighted by molar-refractivity contribution is -0.141. The van der Waals surface area contributed by atoms with E-state index in [1.165, 1.54) is 23.0 Å². The summed E-state index contributed by atoms with van der Waals surface area (Å²) < 4.78 is 38.8. The second kappa shape index (κ2) is 4.15. The molecule has 2 N–H and O–H groups in total. The molecule has 0 aliphatic carbocycles. The summed E-state index contributed by atoms with van der Waals surface area (Å²) in [5, 5.41) is 7.57. The van der Waals surface area contributed by atoms with Crippen molar-refractivity contribution in [1.82, 2.24) is 24.6 Å². The zero-order chi connectivity index (χ0) is 14.3. The highest BCUT2D eigenvalue weighted by molar-refractivity contribution is 5.76. The molecule has 3 rings (SSSR count). The Hall–Kier alpha value is -2.71. The van der Waals surface area contributed by atoms with Gasteiger partial charge in [-0.2, -0.15) is 13.2 Å². The Labute approximate surface area is 110 Å². The maximum Gasteiger partial charge on any atom is 0.433 e. The first kappa shape index (κ1) is 12.3. The molecule has 0 amide bonds. The lowest BCUT2D eigenvalue weighted by atomic mass is 10.1. The number of rotatable bonds is 1. The Balaban J connectivity index is 2.12. The van der Waals surface area contributed by atoms with E-state index in [4.69, 9.17) is 5.73 Å². The van der Waals surface area contributed by atoms with Gasteiger partial charge in [0.15, 0.2) is 5.65 Å². The summed E-state index contributed by atoms with van der Waals surface area (Å²) in [4.78, 5) is 7.34. The van der Waals surface area contributed by atoms with Crippen molar-refractivity contribution in [1.29, 1.82) is 0 Å². The Morgan fingerprint density at radius 2 is 1.90 bits per heavy atom. The highest BCUT2D eigenvalue weighted by Gasteiger charge is 2.32. The van der Waals surface area contributed by atoms with Crippen LogP contribution in [0.4, 0.5) is 19.1 Å². The smallest absolute Gasteiger partial charge is 0.369 e. The number of hydrogen-bond donors (Lipinski definition) is 1. The van der Waals surface area contributed by atoms with E-state index in [0.717, 1.165) is 12.3 Å². The number of pyridine rings is 1. The molecule has 0 fully saturated rings. The highest BCUT2D eigenvalue weighted by atomic mass is 19.4. The van der Waals surface area contributed by atoms with Gasteiger partial charge in [0.1, 0.15) is 12.0 Å². The number of nitrogen functional groups attached to an aromatic ring is 1. The summed E-state index contributed by atoms with van der Waals surface area (Å²) in [5.74, 6) is 0.189. The molecule has 0 atom stereocenters. The van der Waals surface area contributed by atoms with Gasteiger partial charge in [-0.15, -0.1) is 10.2 Å². The Morgan fingerprint density at radius 1 is 1.10 bits per heavy atom. The van der Waals surface area contributed by atoms with Crippen molar-refractivity contribution in [2.45, 2.75) is 6.18 Å². The topological polar surface area (TPSA) is 82.0 Å². The molecule has 0 saturated heterocycles. The van der Waals surface area contributed by atoms with Crippen molar-refractivity contribution in [3.8, 4) is 11.1 Å².